The van der Waals surface area contributed by atoms with Crippen LogP contribution in [-0.4, -0.2) is 36.2 Å². The van der Waals surface area contributed by atoms with E-state index in [1.165, 1.54) is 0 Å². The lowest BCUT2D eigenvalue weighted by molar-refractivity contribution is -0.0541. The summed E-state index contributed by atoms with van der Waals surface area (Å²) >= 11 is 5.90. The molecule has 1 aromatic carbocycles. The Hall–Kier alpha value is -1.52. The highest BCUT2D eigenvalue weighted by Crippen LogP contribution is 2.12. The molecule has 1 aromatic rings. The second kappa shape index (κ2) is 6.77. The first kappa shape index (κ1) is 14.9. The number of carbonyl (C=O) groups excluding carboxylic acids is 1. The molecule has 1 aliphatic heterocycles. The molecule has 0 aliphatic carbocycles. The summed E-state index contributed by atoms with van der Waals surface area (Å²) in [5.74, 6) is 0. The van der Waals surface area contributed by atoms with E-state index in [-0.39, 0.29) is 18.2 Å². The molecule has 1 saturated heterocycles. The number of hydrogen-bond donors (Lipinski definition) is 1. The Morgan fingerprint density at radius 1 is 1.40 bits per heavy atom. The van der Waals surface area contributed by atoms with Gasteiger partial charge in [-0.25, -0.2) is 4.79 Å². The maximum absolute atomic E-state index is 12.0. The van der Waals surface area contributed by atoms with Crippen LogP contribution in [0.4, 0.5) is 4.79 Å². The number of carbonyl (C=O) groups is 1. The topological polar surface area (TPSA) is 41.6 Å². The third-order valence-electron chi connectivity index (χ3n) is 3.04. The molecule has 2 atom stereocenters. The summed E-state index contributed by atoms with van der Waals surface area (Å²) in [5.41, 5.74) is 0.946. The van der Waals surface area contributed by atoms with Crippen molar-refractivity contribution in [2.45, 2.75) is 26.1 Å². The first-order chi connectivity index (χ1) is 9.54. The van der Waals surface area contributed by atoms with Crippen molar-refractivity contribution in [3.05, 3.63) is 41.1 Å². The molecule has 0 radical (unpaired) electrons. The average molecular weight is 295 g/mol. The second-order valence-electron chi connectivity index (χ2n) is 5.00. The predicted octanol–water partition coefficient (Wildman–Crippen LogP) is 3.13. The third kappa shape index (κ3) is 4.25. The molecule has 2 rings (SSSR count). The minimum absolute atomic E-state index is 0.0707. The monoisotopic (exact) mass is 294 g/mol. The van der Waals surface area contributed by atoms with E-state index in [1.807, 2.05) is 44.2 Å². The predicted molar refractivity (Wildman–Crippen MR) is 80.6 cm³/mol. The van der Waals surface area contributed by atoms with E-state index >= 15 is 0 Å². The van der Waals surface area contributed by atoms with E-state index in [2.05, 4.69) is 5.32 Å². The van der Waals surface area contributed by atoms with Crippen molar-refractivity contribution in [3.8, 4) is 0 Å². The number of nitrogens with zero attached hydrogens (tertiary/aromatic N) is 1. The Kier molecular flexibility index (Phi) is 5.04. The van der Waals surface area contributed by atoms with Crippen LogP contribution >= 0.6 is 11.6 Å². The smallest absolute Gasteiger partial charge is 0.321 e. The van der Waals surface area contributed by atoms with Gasteiger partial charge in [0.15, 0.2) is 0 Å². The molecule has 108 valence electrons. The van der Waals surface area contributed by atoms with Gasteiger partial charge < -0.3 is 15.0 Å². The lowest BCUT2D eigenvalue weighted by Gasteiger charge is -2.34. The van der Waals surface area contributed by atoms with Crippen LogP contribution in [0.2, 0.25) is 5.02 Å². The molecule has 2 amide bonds. The minimum Gasteiger partial charge on any atom is -0.372 e. The summed E-state index contributed by atoms with van der Waals surface area (Å²) in [5, 5.41) is 3.44. The number of urea groups is 1. The number of amides is 2. The SMILES string of the molecule is CC1CN(C(=O)N/C=C/c2cccc(Cl)c2)CC(C)O1. The van der Waals surface area contributed by atoms with Gasteiger partial charge in [-0.3, -0.25) is 0 Å². The molecule has 0 saturated carbocycles. The molecule has 5 heteroatoms. The summed E-state index contributed by atoms with van der Waals surface area (Å²) in [7, 11) is 0. The fraction of sp³-hybridized carbons (Fsp3) is 0.400. The number of morpholine rings is 1. The molecule has 2 unspecified atom stereocenters. The van der Waals surface area contributed by atoms with Crippen molar-refractivity contribution in [3.63, 3.8) is 0 Å². The van der Waals surface area contributed by atoms with E-state index in [4.69, 9.17) is 16.3 Å². The van der Waals surface area contributed by atoms with Crippen LogP contribution in [0, 0.1) is 0 Å². The Labute approximate surface area is 124 Å². The van der Waals surface area contributed by atoms with Gasteiger partial charge in [0, 0.05) is 24.3 Å². The fourth-order valence-corrected chi connectivity index (χ4v) is 2.45. The quantitative estimate of drug-likeness (QED) is 0.910. The Bertz CT molecular complexity index is 494. The Balaban J connectivity index is 1.88. The Morgan fingerprint density at radius 2 is 2.10 bits per heavy atom. The fourth-order valence-electron chi connectivity index (χ4n) is 2.25. The van der Waals surface area contributed by atoms with E-state index in [1.54, 1.807) is 11.1 Å². The highest BCUT2D eigenvalue weighted by Gasteiger charge is 2.25. The lowest BCUT2D eigenvalue weighted by atomic mass is 10.2. The lowest BCUT2D eigenvalue weighted by Crippen LogP contribution is -2.50. The minimum atomic E-state index is -0.106. The number of hydrogen-bond acceptors (Lipinski definition) is 2. The molecule has 1 N–H and O–H groups in total. The maximum Gasteiger partial charge on any atom is 0.321 e. The summed E-state index contributed by atoms with van der Waals surface area (Å²) in [6.45, 7) is 5.16. The summed E-state index contributed by atoms with van der Waals surface area (Å²) in [4.78, 5) is 13.8. The van der Waals surface area contributed by atoms with E-state index in [9.17, 15) is 4.79 Å². The van der Waals surface area contributed by atoms with E-state index in [0.29, 0.717) is 18.1 Å². The van der Waals surface area contributed by atoms with Gasteiger partial charge in [-0.15, -0.1) is 0 Å². The molecule has 0 spiro atoms. The van der Waals surface area contributed by atoms with Gasteiger partial charge in [-0.1, -0.05) is 23.7 Å². The van der Waals surface area contributed by atoms with Crippen molar-refractivity contribution in [2.24, 2.45) is 0 Å². The van der Waals surface area contributed by atoms with Crippen molar-refractivity contribution in [1.82, 2.24) is 10.2 Å². The molecule has 1 aliphatic rings. The van der Waals surface area contributed by atoms with Gasteiger partial charge in [0.25, 0.3) is 0 Å². The normalized spacial score (nSPS) is 23.1. The van der Waals surface area contributed by atoms with Crippen LogP contribution in [0.25, 0.3) is 6.08 Å². The highest BCUT2D eigenvalue weighted by atomic mass is 35.5. The van der Waals surface area contributed by atoms with Gasteiger partial charge >= 0.3 is 6.03 Å². The molecule has 1 heterocycles. The third-order valence-corrected chi connectivity index (χ3v) is 3.27. The van der Waals surface area contributed by atoms with Crippen molar-refractivity contribution in [2.75, 3.05) is 13.1 Å². The number of halogens is 1. The second-order valence-corrected chi connectivity index (χ2v) is 5.44. The Morgan fingerprint density at radius 3 is 2.75 bits per heavy atom. The summed E-state index contributed by atoms with van der Waals surface area (Å²) in [6, 6.07) is 7.34. The molecule has 4 nitrogen and oxygen atoms in total. The van der Waals surface area contributed by atoms with Crippen molar-refractivity contribution in [1.29, 1.82) is 0 Å². The number of ether oxygens (including phenoxy) is 1. The van der Waals surface area contributed by atoms with Gasteiger partial charge in [0.05, 0.1) is 12.2 Å². The molecule has 0 bridgehead atoms. The molecule has 0 aromatic heterocycles. The van der Waals surface area contributed by atoms with Gasteiger partial charge in [-0.2, -0.15) is 0 Å². The van der Waals surface area contributed by atoms with Gasteiger partial charge in [0.1, 0.15) is 0 Å². The van der Waals surface area contributed by atoms with Crippen LogP contribution in [0.3, 0.4) is 0 Å². The average Bonchev–Trinajstić information content (AvgIpc) is 2.37. The van der Waals surface area contributed by atoms with Crippen LogP contribution in [0.1, 0.15) is 19.4 Å². The molecular weight excluding hydrogens is 276 g/mol. The van der Waals surface area contributed by atoms with E-state index < -0.39 is 0 Å². The van der Waals surface area contributed by atoms with Gasteiger partial charge in [0.2, 0.25) is 0 Å². The molecule has 20 heavy (non-hydrogen) atoms. The maximum atomic E-state index is 12.0. The van der Waals surface area contributed by atoms with Crippen molar-refractivity contribution >= 4 is 23.7 Å². The van der Waals surface area contributed by atoms with Crippen LogP contribution in [-0.2, 0) is 4.74 Å². The zero-order chi connectivity index (χ0) is 14.5. The van der Waals surface area contributed by atoms with Crippen LogP contribution in [0.5, 0.6) is 0 Å². The van der Waals surface area contributed by atoms with Crippen molar-refractivity contribution < 1.29 is 9.53 Å². The molecule has 1 fully saturated rings. The first-order valence-electron chi connectivity index (χ1n) is 6.67. The van der Waals surface area contributed by atoms with Crippen LogP contribution < -0.4 is 5.32 Å². The first-order valence-corrected chi connectivity index (χ1v) is 7.05. The number of benzene rings is 1. The summed E-state index contributed by atoms with van der Waals surface area (Å²) < 4.78 is 5.60. The summed E-state index contributed by atoms with van der Waals surface area (Å²) in [6.07, 6.45) is 3.60. The number of nitrogens with one attached hydrogen (secondary N) is 1. The zero-order valence-electron chi connectivity index (χ0n) is 11.7. The standard InChI is InChI=1S/C15H19ClN2O2/c1-11-9-18(10-12(2)20-11)15(19)17-7-6-13-4-3-5-14(16)8-13/h3-8,11-12H,9-10H2,1-2H3,(H,17,19)/b7-6+. The zero-order valence-corrected chi connectivity index (χ0v) is 12.4. The molecular formula is C15H19ClN2O2. The largest absolute Gasteiger partial charge is 0.372 e. The highest BCUT2D eigenvalue weighted by molar-refractivity contribution is 6.30. The van der Waals surface area contributed by atoms with Crippen LogP contribution in [0.15, 0.2) is 30.5 Å². The van der Waals surface area contributed by atoms with Gasteiger partial charge in [-0.05, 0) is 37.6 Å². The van der Waals surface area contributed by atoms with E-state index in [0.717, 1.165) is 5.56 Å². The number of rotatable bonds is 2.